The molecule has 0 amide bonds. The molecule has 0 aromatic rings. The minimum absolute atomic E-state index is 0.369. The number of hydrogen-bond acceptors (Lipinski definition) is 3. The smallest absolute Gasteiger partial charge is 0.434 e. The maximum Gasteiger partial charge on any atom is 0.508 e. The van der Waals surface area contributed by atoms with E-state index in [4.69, 9.17) is 9.47 Å². The van der Waals surface area contributed by atoms with Crippen LogP contribution in [-0.2, 0) is 9.47 Å². The summed E-state index contributed by atoms with van der Waals surface area (Å²) in [6.45, 7) is 4.99. The molecule has 0 saturated heterocycles. The first-order chi connectivity index (χ1) is 6.68. The summed E-state index contributed by atoms with van der Waals surface area (Å²) in [7, 11) is 0. The van der Waals surface area contributed by atoms with Crippen molar-refractivity contribution >= 4 is 6.16 Å². The van der Waals surface area contributed by atoms with Gasteiger partial charge < -0.3 is 9.47 Å². The maximum atomic E-state index is 11.1. The van der Waals surface area contributed by atoms with Crippen molar-refractivity contribution in [1.29, 1.82) is 0 Å². The highest BCUT2D eigenvalue weighted by molar-refractivity contribution is 5.59. The molecule has 0 heterocycles. The van der Waals surface area contributed by atoms with Gasteiger partial charge in [0.05, 0.1) is 13.2 Å². The molecule has 1 aliphatic carbocycles. The van der Waals surface area contributed by atoms with Crippen molar-refractivity contribution in [2.75, 3.05) is 13.2 Å². The van der Waals surface area contributed by atoms with Crippen LogP contribution in [0.25, 0.3) is 0 Å². The lowest BCUT2D eigenvalue weighted by Gasteiger charge is -2.11. The summed E-state index contributed by atoms with van der Waals surface area (Å²) >= 11 is 0. The Kier molecular flexibility index (Phi) is 4.77. The molecule has 1 fully saturated rings. The topological polar surface area (TPSA) is 35.5 Å². The third-order valence-corrected chi connectivity index (χ3v) is 2.45. The van der Waals surface area contributed by atoms with Gasteiger partial charge in [-0.2, -0.15) is 0 Å². The Labute approximate surface area is 85.8 Å². The van der Waals surface area contributed by atoms with Gasteiger partial charge in [0.25, 0.3) is 0 Å². The molecule has 0 aromatic carbocycles. The molecule has 0 aliphatic heterocycles. The van der Waals surface area contributed by atoms with Crippen LogP contribution in [0.5, 0.6) is 0 Å². The number of carbonyl (C=O) groups excluding carboxylic acids is 1. The molecule has 3 heteroatoms. The fourth-order valence-corrected chi connectivity index (χ4v) is 1.64. The highest BCUT2D eigenvalue weighted by atomic mass is 16.7. The summed E-state index contributed by atoms with van der Waals surface area (Å²) in [5, 5.41) is 0. The van der Waals surface area contributed by atoms with Gasteiger partial charge in [-0.25, -0.2) is 4.79 Å². The van der Waals surface area contributed by atoms with E-state index in [-0.39, 0.29) is 0 Å². The minimum atomic E-state index is -0.509. The molecule has 1 saturated carbocycles. The average Bonchev–Trinajstić information content (AvgIpc) is 2.63. The Balaban J connectivity index is 2.02. The number of carbonyl (C=O) groups is 1. The van der Waals surface area contributed by atoms with Crippen molar-refractivity contribution < 1.29 is 14.3 Å². The van der Waals surface area contributed by atoms with Crippen LogP contribution in [0.15, 0.2) is 0 Å². The van der Waals surface area contributed by atoms with Crippen LogP contribution in [0.3, 0.4) is 0 Å². The van der Waals surface area contributed by atoms with Crippen LogP contribution in [0.2, 0.25) is 0 Å². The van der Waals surface area contributed by atoms with Gasteiger partial charge in [-0.1, -0.05) is 26.7 Å². The van der Waals surface area contributed by atoms with E-state index in [9.17, 15) is 4.79 Å². The zero-order valence-corrected chi connectivity index (χ0v) is 9.12. The second-order valence-corrected chi connectivity index (χ2v) is 4.42. The molecular weight excluding hydrogens is 180 g/mol. The molecule has 1 aliphatic rings. The molecule has 14 heavy (non-hydrogen) atoms. The van der Waals surface area contributed by atoms with Crippen LogP contribution in [0.4, 0.5) is 4.79 Å². The van der Waals surface area contributed by atoms with Gasteiger partial charge in [0.15, 0.2) is 0 Å². The average molecular weight is 200 g/mol. The van der Waals surface area contributed by atoms with Crippen molar-refractivity contribution in [3.63, 3.8) is 0 Å². The van der Waals surface area contributed by atoms with Gasteiger partial charge in [-0.05, 0) is 24.7 Å². The normalized spacial score (nSPS) is 17.4. The lowest BCUT2D eigenvalue weighted by molar-refractivity contribution is 0.0380. The van der Waals surface area contributed by atoms with Gasteiger partial charge in [-0.3, -0.25) is 0 Å². The highest BCUT2D eigenvalue weighted by Gasteiger charge is 2.17. The predicted molar refractivity (Wildman–Crippen MR) is 54.1 cm³/mol. The summed E-state index contributed by atoms with van der Waals surface area (Å²) in [5.74, 6) is 0.940. The largest absolute Gasteiger partial charge is 0.508 e. The van der Waals surface area contributed by atoms with E-state index >= 15 is 0 Å². The Morgan fingerprint density at radius 2 is 1.93 bits per heavy atom. The lowest BCUT2D eigenvalue weighted by Crippen LogP contribution is -2.15. The fourth-order valence-electron chi connectivity index (χ4n) is 1.64. The van der Waals surface area contributed by atoms with Crippen LogP contribution in [0, 0.1) is 11.8 Å². The summed E-state index contributed by atoms with van der Waals surface area (Å²) in [6.07, 6.45) is 4.42. The quantitative estimate of drug-likeness (QED) is 0.654. The third kappa shape index (κ3) is 4.49. The van der Waals surface area contributed by atoms with Gasteiger partial charge in [0.2, 0.25) is 0 Å². The Hall–Kier alpha value is -0.730. The van der Waals surface area contributed by atoms with Gasteiger partial charge in [0.1, 0.15) is 0 Å². The fraction of sp³-hybridized carbons (Fsp3) is 0.909. The van der Waals surface area contributed by atoms with Crippen LogP contribution >= 0.6 is 0 Å². The van der Waals surface area contributed by atoms with Crippen molar-refractivity contribution in [2.45, 2.75) is 39.5 Å². The second-order valence-electron chi connectivity index (χ2n) is 4.42. The zero-order valence-electron chi connectivity index (χ0n) is 9.12. The van der Waals surface area contributed by atoms with E-state index in [0.29, 0.717) is 25.0 Å². The van der Waals surface area contributed by atoms with Crippen LogP contribution < -0.4 is 0 Å². The molecule has 3 nitrogen and oxygen atoms in total. The zero-order chi connectivity index (χ0) is 10.4. The molecule has 0 unspecified atom stereocenters. The standard InChI is InChI=1S/C11H20O3/c1-9(2)7-13-11(12)14-8-10-5-3-4-6-10/h9-10H,3-8H2,1-2H3. The van der Waals surface area contributed by atoms with E-state index in [0.717, 1.165) is 0 Å². The van der Waals surface area contributed by atoms with E-state index in [1.54, 1.807) is 0 Å². The predicted octanol–water partition coefficient (Wildman–Crippen LogP) is 2.99. The molecule has 0 N–H and O–H groups in total. The number of rotatable bonds is 4. The molecule has 0 spiro atoms. The van der Waals surface area contributed by atoms with E-state index in [1.165, 1.54) is 25.7 Å². The minimum Gasteiger partial charge on any atom is -0.434 e. The van der Waals surface area contributed by atoms with Crippen molar-refractivity contribution in [2.24, 2.45) is 11.8 Å². The first-order valence-electron chi connectivity index (χ1n) is 5.48. The SMILES string of the molecule is CC(C)COC(=O)OCC1CCCC1. The molecule has 0 radical (unpaired) electrons. The van der Waals surface area contributed by atoms with Gasteiger partial charge >= 0.3 is 6.16 Å². The summed E-state index contributed by atoms with van der Waals surface area (Å²) in [4.78, 5) is 11.1. The Morgan fingerprint density at radius 1 is 1.29 bits per heavy atom. The molecular formula is C11H20O3. The molecule has 0 atom stereocenters. The molecule has 0 aromatic heterocycles. The summed E-state index contributed by atoms with van der Waals surface area (Å²) in [5.41, 5.74) is 0. The monoisotopic (exact) mass is 200 g/mol. The number of hydrogen-bond donors (Lipinski definition) is 0. The van der Waals surface area contributed by atoms with E-state index in [1.807, 2.05) is 13.8 Å². The molecule has 0 bridgehead atoms. The van der Waals surface area contributed by atoms with Crippen molar-refractivity contribution in [3.8, 4) is 0 Å². The first-order valence-corrected chi connectivity index (χ1v) is 5.48. The third-order valence-electron chi connectivity index (χ3n) is 2.45. The Bertz CT molecular complexity index is 171. The number of ether oxygens (including phenoxy) is 2. The van der Waals surface area contributed by atoms with Crippen LogP contribution in [-0.4, -0.2) is 19.4 Å². The van der Waals surface area contributed by atoms with E-state index < -0.39 is 6.16 Å². The highest BCUT2D eigenvalue weighted by Crippen LogP contribution is 2.24. The molecule has 82 valence electrons. The maximum absolute atomic E-state index is 11.1. The first kappa shape index (κ1) is 11.3. The van der Waals surface area contributed by atoms with Gasteiger partial charge in [0, 0.05) is 0 Å². The van der Waals surface area contributed by atoms with E-state index in [2.05, 4.69) is 0 Å². The van der Waals surface area contributed by atoms with Crippen molar-refractivity contribution in [1.82, 2.24) is 0 Å². The van der Waals surface area contributed by atoms with Crippen molar-refractivity contribution in [3.05, 3.63) is 0 Å². The lowest BCUT2D eigenvalue weighted by atomic mass is 10.1. The van der Waals surface area contributed by atoms with Crippen LogP contribution in [0.1, 0.15) is 39.5 Å². The second kappa shape index (κ2) is 5.89. The summed E-state index contributed by atoms with van der Waals surface area (Å²) < 4.78 is 9.92. The summed E-state index contributed by atoms with van der Waals surface area (Å²) in [6, 6.07) is 0. The van der Waals surface area contributed by atoms with Gasteiger partial charge in [-0.15, -0.1) is 0 Å². The molecule has 1 rings (SSSR count). The Morgan fingerprint density at radius 3 is 2.50 bits per heavy atom.